The maximum atomic E-state index is 11.5. The summed E-state index contributed by atoms with van der Waals surface area (Å²) in [5.41, 5.74) is 5.82. The van der Waals surface area contributed by atoms with Crippen LogP contribution in [0.1, 0.15) is 19.3 Å². The Hall–Kier alpha value is -0.820. The molecule has 0 unspecified atom stereocenters. The molecule has 0 spiro atoms. The van der Waals surface area contributed by atoms with Crippen molar-refractivity contribution in [2.75, 3.05) is 32.4 Å². The summed E-state index contributed by atoms with van der Waals surface area (Å²) in [6.45, 7) is 1.51. The van der Waals surface area contributed by atoms with Crippen LogP contribution in [0.4, 0.5) is 0 Å². The van der Waals surface area contributed by atoms with Crippen molar-refractivity contribution in [3.63, 3.8) is 0 Å². The van der Waals surface area contributed by atoms with Gasteiger partial charge in [-0.2, -0.15) is 0 Å². The Bertz CT molecular complexity index is 403. The van der Waals surface area contributed by atoms with Gasteiger partial charge in [-0.3, -0.25) is 4.99 Å². The fourth-order valence-corrected chi connectivity index (χ4v) is 3.50. The van der Waals surface area contributed by atoms with Crippen molar-refractivity contribution in [1.82, 2.24) is 9.21 Å². The van der Waals surface area contributed by atoms with E-state index in [4.69, 9.17) is 5.73 Å². The summed E-state index contributed by atoms with van der Waals surface area (Å²) in [6.07, 6.45) is 3.07. The summed E-state index contributed by atoms with van der Waals surface area (Å²) in [5, 5.41) is 0. The molecule has 7 heteroatoms. The normalized spacial score (nSPS) is 25.1. The van der Waals surface area contributed by atoms with Crippen LogP contribution in [-0.2, 0) is 10.0 Å². The molecule has 1 saturated carbocycles. The minimum Gasteiger partial charge on any atom is -0.370 e. The van der Waals surface area contributed by atoms with Gasteiger partial charge in [-0.15, -0.1) is 0 Å². The fourth-order valence-electron chi connectivity index (χ4n) is 1.98. The lowest BCUT2D eigenvalue weighted by Gasteiger charge is -2.17. The van der Waals surface area contributed by atoms with Crippen LogP contribution in [0.2, 0.25) is 0 Å². The molecule has 17 heavy (non-hydrogen) atoms. The molecular formula is C10H20N4O2S. The van der Waals surface area contributed by atoms with Crippen LogP contribution in [-0.4, -0.2) is 62.1 Å². The number of guanidine groups is 1. The maximum absolute atomic E-state index is 11.5. The lowest BCUT2D eigenvalue weighted by Crippen LogP contribution is -2.36. The molecule has 1 aliphatic carbocycles. The first-order valence-corrected chi connectivity index (χ1v) is 7.62. The van der Waals surface area contributed by atoms with E-state index in [1.165, 1.54) is 17.1 Å². The molecule has 0 bridgehead atoms. The Labute approximate surface area is 103 Å². The first-order valence-electron chi connectivity index (χ1n) is 6.01. The average molecular weight is 260 g/mol. The van der Waals surface area contributed by atoms with Crippen LogP contribution < -0.4 is 5.73 Å². The predicted octanol–water partition coefficient (Wildman–Crippen LogP) is -0.569. The van der Waals surface area contributed by atoms with Crippen LogP contribution in [0.5, 0.6) is 0 Å². The first-order chi connectivity index (χ1) is 8.00. The van der Waals surface area contributed by atoms with E-state index in [-0.39, 0.29) is 5.75 Å². The highest BCUT2D eigenvalue weighted by molar-refractivity contribution is 7.89. The van der Waals surface area contributed by atoms with Crippen molar-refractivity contribution in [3.8, 4) is 0 Å². The Morgan fingerprint density at radius 3 is 2.76 bits per heavy atom. The third kappa shape index (κ3) is 3.10. The van der Waals surface area contributed by atoms with Crippen molar-refractivity contribution in [2.45, 2.75) is 25.3 Å². The second-order valence-electron chi connectivity index (χ2n) is 4.65. The molecule has 2 N–H and O–H groups in total. The average Bonchev–Trinajstić information content (AvgIpc) is 3.04. The van der Waals surface area contributed by atoms with Gasteiger partial charge in [0.1, 0.15) is 0 Å². The molecule has 0 radical (unpaired) electrons. The van der Waals surface area contributed by atoms with E-state index in [9.17, 15) is 8.42 Å². The molecule has 2 aliphatic rings. The number of hydrogen-bond donors (Lipinski definition) is 1. The molecular weight excluding hydrogens is 240 g/mol. The second kappa shape index (κ2) is 4.81. The highest BCUT2D eigenvalue weighted by atomic mass is 32.2. The van der Waals surface area contributed by atoms with Gasteiger partial charge in [0.05, 0.1) is 12.3 Å². The molecule has 2 rings (SSSR count). The van der Waals surface area contributed by atoms with Gasteiger partial charge in [-0.05, 0) is 19.3 Å². The minimum absolute atomic E-state index is 0.272. The largest absolute Gasteiger partial charge is 0.370 e. The molecule has 0 amide bonds. The quantitative estimate of drug-likeness (QED) is 0.542. The van der Waals surface area contributed by atoms with Crippen molar-refractivity contribution < 1.29 is 8.42 Å². The lowest BCUT2D eigenvalue weighted by molar-refractivity contribution is 0.447. The van der Waals surface area contributed by atoms with E-state index in [0.717, 1.165) is 6.42 Å². The summed E-state index contributed by atoms with van der Waals surface area (Å²) >= 11 is 0. The maximum Gasteiger partial charge on any atom is 0.214 e. The van der Waals surface area contributed by atoms with Gasteiger partial charge < -0.3 is 10.6 Å². The highest BCUT2D eigenvalue weighted by Crippen LogP contribution is 2.24. The summed E-state index contributed by atoms with van der Waals surface area (Å²) in [5.74, 6) is 0.790. The number of nitrogens with zero attached hydrogens (tertiary/aromatic N) is 3. The van der Waals surface area contributed by atoms with Gasteiger partial charge in [-0.25, -0.2) is 12.7 Å². The van der Waals surface area contributed by atoms with E-state index in [1.54, 1.807) is 0 Å². The standard InChI is InChI=1S/C10H20N4O2S/c1-13(9-3-4-9)10(11)12-5-7-14-6-2-8-17(14,15)16/h9H,2-8H2,1H3,(H2,11,12). The van der Waals surface area contributed by atoms with Gasteiger partial charge in [0, 0.05) is 26.2 Å². The summed E-state index contributed by atoms with van der Waals surface area (Å²) in [6, 6.07) is 0.536. The zero-order valence-electron chi connectivity index (χ0n) is 10.2. The summed E-state index contributed by atoms with van der Waals surface area (Å²) < 4.78 is 24.6. The minimum atomic E-state index is -3.00. The number of nitrogens with two attached hydrogens (primary N) is 1. The van der Waals surface area contributed by atoms with Crippen LogP contribution in [0, 0.1) is 0 Å². The molecule has 1 saturated heterocycles. The third-order valence-corrected chi connectivity index (χ3v) is 5.24. The van der Waals surface area contributed by atoms with Gasteiger partial charge in [0.25, 0.3) is 0 Å². The SMILES string of the molecule is CN(C(N)=NCCN1CCCS1(=O)=O)C1CC1. The van der Waals surface area contributed by atoms with E-state index >= 15 is 0 Å². The van der Waals surface area contributed by atoms with Crippen molar-refractivity contribution in [1.29, 1.82) is 0 Å². The number of hydrogen-bond acceptors (Lipinski definition) is 3. The predicted molar refractivity (Wildman–Crippen MR) is 67.3 cm³/mol. The molecule has 2 fully saturated rings. The zero-order valence-corrected chi connectivity index (χ0v) is 11.0. The Kier molecular flexibility index (Phi) is 3.58. The van der Waals surface area contributed by atoms with Gasteiger partial charge in [-0.1, -0.05) is 0 Å². The van der Waals surface area contributed by atoms with E-state index in [2.05, 4.69) is 4.99 Å². The molecule has 1 aliphatic heterocycles. The third-order valence-electron chi connectivity index (χ3n) is 3.28. The fraction of sp³-hybridized carbons (Fsp3) is 0.900. The van der Waals surface area contributed by atoms with Gasteiger partial charge in [0.15, 0.2) is 5.96 Å². The van der Waals surface area contributed by atoms with Crippen LogP contribution in [0.3, 0.4) is 0 Å². The molecule has 0 aromatic carbocycles. The molecule has 1 heterocycles. The van der Waals surface area contributed by atoms with E-state index < -0.39 is 10.0 Å². The molecule has 0 aromatic rings. The van der Waals surface area contributed by atoms with Crippen molar-refractivity contribution in [2.24, 2.45) is 10.7 Å². The number of sulfonamides is 1. The lowest BCUT2D eigenvalue weighted by atomic mass is 10.5. The number of aliphatic imine (C=N–C) groups is 1. The van der Waals surface area contributed by atoms with Crippen LogP contribution in [0.15, 0.2) is 4.99 Å². The zero-order chi connectivity index (χ0) is 12.5. The smallest absolute Gasteiger partial charge is 0.214 e. The molecule has 6 nitrogen and oxygen atoms in total. The summed E-state index contributed by atoms with van der Waals surface area (Å²) in [4.78, 5) is 6.20. The molecule has 0 atom stereocenters. The van der Waals surface area contributed by atoms with Crippen LogP contribution >= 0.6 is 0 Å². The Balaban J connectivity index is 1.80. The van der Waals surface area contributed by atoms with Crippen molar-refractivity contribution in [3.05, 3.63) is 0 Å². The Morgan fingerprint density at radius 2 is 2.24 bits per heavy atom. The molecule has 0 aromatic heterocycles. The number of rotatable bonds is 4. The van der Waals surface area contributed by atoms with Crippen molar-refractivity contribution >= 4 is 16.0 Å². The topological polar surface area (TPSA) is 79.0 Å². The van der Waals surface area contributed by atoms with E-state index in [0.29, 0.717) is 31.6 Å². The monoisotopic (exact) mass is 260 g/mol. The van der Waals surface area contributed by atoms with Crippen LogP contribution in [0.25, 0.3) is 0 Å². The van der Waals surface area contributed by atoms with Gasteiger partial charge in [0.2, 0.25) is 10.0 Å². The summed E-state index contributed by atoms with van der Waals surface area (Å²) in [7, 11) is -1.07. The van der Waals surface area contributed by atoms with E-state index in [1.807, 2.05) is 11.9 Å². The second-order valence-corrected chi connectivity index (χ2v) is 6.74. The highest BCUT2D eigenvalue weighted by Gasteiger charge is 2.28. The first kappa shape index (κ1) is 12.6. The Morgan fingerprint density at radius 1 is 1.53 bits per heavy atom. The molecule has 98 valence electrons. The van der Waals surface area contributed by atoms with Gasteiger partial charge >= 0.3 is 0 Å².